The number of likely N-dealkylation sites (tertiary alicyclic amines) is 1. The molecule has 1 aromatic rings. The lowest BCUT2D eigenvalue weighted by Gasteiger charge is -2.41. The highest BCUT2D eigenvalue weighted by Gasteiger charge is 2.49. The van der Waals surface area contributed by atoms with Crippen LogP contribution in [-0.4, -0.2) is 48.2 Å². The maximum absolute atomic E-state index is 13.4. The summed E-state index contributed by atoms with van der Waals surface area (Å²) >= 11 is 6.51. The number of rotatable bonds is 3. The molecule has 1 spiro atoms. The van der Waals surface area contributed by atoms with E-state index in [1.165, 1.54) is 0 Å². The minimum Gasteiger partial charge on any atom is -0.393 e. The zero-order valence-corrected chi connectivity index (χ0v) is 17.0. The Hall–Kier alpha value is -1.26. The molecular formula is C22H31ClN2O2. The first kappa shape index (κ1) is 19.1. The second-order valence-corrected chi connectivity index (χ2v) is 9.34. The molecule has 2 aliphatic heterocycles. The summed E-state index contributed by atoms with van der Waals surface area (Å²) in [6, 6.07) is 6.21. The molecule has 148 valence electrons. The zero-order chi connectivity index (χ0) is 19.0. The molecule has 1 saturated carbocycles. The van der Waals surface area contributed by atoms with Crippen molar-refractivity contribution in [3.05, 3.63) is 28.8 Å². The number of aryl methyl sites for hydroxylation is 1. The first-order valence-electron chi connectivity index (χ1n) is 10.5. The van der Waals surface area contributed by atoms with Crippen LogP contribution in [0, 0.1) is 18.3 Å². The third-order valence-electron chi connectivity index (χ3n) is 6.92. The Morgan fingerprint density at radius 1 is 1.19 bits per heavy atom. The van der Waals surface area contributed by atoms with Crippen LogP contribution in [0.1, 0.15) is 50.5 Å². The number of benzene rings is 1. The topological polar surface area (TPSA) is 43.8 Å². The standard InChI is InChI=1S/C22H31ClN2O2/c1-16-3-8-20(19(23)13-16)25-11-2-9-22(15-25)10-12-24(21(22)27)14-17-4-6-18(26)7-5-17/h3,8,13,17-18,26H,2,4-7,9-12,14-15H2,1H3/t17?,18?,22-/m1/s1. The molecule has 4 rings (SSSR count). The van der Waals surface area contributed by atoms with E-state index < -0.39 is 0 Å². The number of hydrogen-bond acceptors (Lipinski definition) is 3. The number of anilines is 1. The molecular weight excluding hydrogens is 360 g/mol. The van der Waals surface area contributed by atoms with Gasteiger partial charge in [0.05, 0.1) is 22.2 Å². The molecule has 0 aromatic heterocycles. The number of piperidine rings is 1. The molecule has 4 nitrogen and oxygen atoms in total. The molecule has 0 bridgehead atoms. The molecule has 3 aliphatic rings. The van der Waals surface area contributed by atoms with Gasteiger partial charge in [0.1, 0.15) is 0 Å². The molecule has 2 saturated heterocycles. The van der Waals surface area contributed by atoms with Crippen LogP contribution in [0.15, 0.2) is 18.2 Å². The molecule has 27 heavy (non-hydrogen) atoms. The Bertz CT molecular complexity index is 702. The molecule has 1 aromatic carbocycles. The number of halogens is 1. The van der Waals surface area contributed by atoms with E-state index in [1.54, 1.807) is 0 Å². The fourth-order valence-corrected chi connectivity index (χ4v) is 5.65. The second-order valence-electron chi connectivity index (χ2n) is 8.94. The molecule has 1 aliphatic carbocycles. The van der Waals surface area contributed by atoms with Gasteiger partial charge < -0.3 is 14.9 Å². The Balaban J connectivity index is 1.44. The summed E-state index contributed by atoms with van der Waals surface area (Å²) in [5, 5.41) is 10.5. The lowest BCUT2D eigenvalue weighted by Crippen LogP contribution is -2.48. The summed E-state index contributed by atoms with van der Waals surface area (Å²) in [6.07, 6.45) is 6.72. The van der Waals surface area contributed by atoms with Crippen molar-refractivity contribution in [3.63, 3.8) is 0 Å². The van der Waals surface area contributed by atoms with Gasteiger partial charge in [0, 0.05) is 26.2 Å². The van der Waals surface area contributed by atoms with E-state index in [0.29, 0.717) is 11.8 Å². The molecule has 0 unspecified atom stereocenters. The number of aliphatic hydroxyl groups is 1. The predicted molar refractivity (Wildman–Crippen MR) is 109 cm³/mol. The van der Waals surface area contributed by atoms with Crippen LogP contribution < -0.4 is 4.90 Å². The Kier molecular flexibility index (Phi) is 5.39. The van der Waals surface area contributed by atoms with Crippen LogP contribution in [0.4, 0.5) is 5.69 Å². The number of carbonyl (C=O) groups excluding carboxylic acids is 1. The quantitative estimate of drug-likeness (QED) is 0.847. The maximum atomic E-state index is 13.4. The van der Waals surface area contributed by atoms with Crippen LogP contribution in [-0.2, 0) is 4.79 Å². The van der Waals surface area contributed by atoms with Gasteiger partial charge in [-0.05, 0) is 75.5 Å². The van der Waals surface area contributed by atoms with Gasteiger partial charge in [-0.2, -0.15) is 0 Å². The van der Waals surface area contributed by atoms with E-state index in [9.17, 15) is 9.90 Å². The molecule has 5 heteroatoms. The van der Waals surface area contributed by atoms with Gasteiger partial charge in [-0.3, -0.25) is 4.79 Å². The zero-order valence-electron chi connectivity index (χ0n) is 16.3. The van der Waals surface area contributed by atoms with Gasteiger partial charge in [-0.25, -0.2) is 0 Å². The van der Waals surface area contributed by atoms with Crippen molar-refractivity contribution in [2.45, 2.75) is 58.0 Å². The SMILES string of the molecule is Cc1ccc(N2CCC[C@@]3(CCN(CC4CCC(O)CC4)C3=O)C2)c(Cl)c1. The fraction of sp³-hybridized carbons (Fsp3) is 0.682. The number of aliphatic hydroxyl groups excluding tert-OH is 1. The highest BCUT2D eigenvalue weighted by atomic mass is 35.5. The summed E-state index contributed by atoms with van der Waals surface area (Å²) in [4.78, 5) is 17.8. The van der Waals surface area contributed by atoms with Crippen molar-refractivity contribution >= 4 is 23.2 Å². The van der Waals surface area contributed by atoms with Crippen molar-refractivity contribution in [1.29, 1.82) is 0 Å². The van der Waals surface area contributed by atoms with Gasteiger partial charge in [-0.1, -0.05) is 17.7 Å². The van der Waals surface area contributed by atoms with E-state index >= 15 is 0 Å². The summed E-state index contributed by atoms with van der Waals surface area (Å²) in [5.74, 6) is 0.903. The third-order valence-corrected chi connectivity index (χ3v) is 7.22. The van der Waals surface area contributed by atoms with E-state index in [4.69, 9.17) is 11.6 Å². The van der Waals surface area contributed by atoms with Gasteiger partial charge >= 0.3 is 0 Å². The van der Waals surface area contributed by atoms with E-state index in [2.05, 4.69) is 28.9 Å². The molecule has 1 N–H and O–H groups in total. The van der Waals surface area contributed by atoms with Gasteiger partial charge in [0.2, 0.25) is 5.91 Å². The molecule has 3 fully saturated rings. The number of hydrogen-bond donors (Lipinski definition) is 1. The smallest absolute Gasteiger partial charge is 0.230 e. The first-order chi connectivity index (χ1) is 13.0. The predicted octanol–water partition coefficient (Wildman–Crippen LogP) is 4.02. The average molecular weight is 391 g/mol. The van der Waals surface area contributed by atoms with Crippen molar-refractivity contribution < 1.29 is 9.90 Å². The minimum atomic E-state index is -0.235. The summed E-state index contributed by atoms with van der Waals surface area (Å²) < 4.78 is 0. The fourth-order valence-electron chi connectivity index (χ4n) is 5.29. The highest BCUT2D eigenvalue weighted by Crippen LogP contribution is 2.43. The van der Waals surface area contributed by atoms with Crippen LogP contribution in [0.5, 0.6) is 0 Å². The van der Waals surface area contributed by atoms with Gasteiger partial charge in [0.15, 0.2) is 0 Å². The molecule has 1 atom stereocenters. The van der Waals surface area contributed by atoms with Crippen LogP contribution in [0.3, 0.4) is 0 Å². The number of nitrogens with zero attached hydrogens (tertiary/aromatic N) is 2. The second kappa shape index (κ2) is 7.63. The van der Waals surface area contributed by atoms with E-state index in [0.717, 1.165) is 87.4 Å². The Morgan fingerprint density at radius 3 is 2.70 bits per heavy atom. The molecule has 0 radical (unpaired) electrons. The first-order valence-corrected chi connectivity index (χ1v) is 10.8. The molecule has 2 heterocycles. The highest BCUT2D eigenvalue weighted by molar-refractivity contribution is 6.33. The van der Waals surface area contributed by atoms with Crippen LogP contribution in [0.2, 0.25) is 5.02 Å². The van der Waals surface area contributed by atoms with Crippen molar-refractivity contribution in [1.82, 2.24) is 4.90 Å². The van der Waals surface area contributed by atoms with Crippen molar-refractivity contribution in [2.75, 3.05) is 31.1 Å². The maximum Gasteiger partial charge on any atom is 0.230 e. The van der Waals surface area contributed by atoms with Crippen molar-refractivity contribution in [3.8, 4) is 0 Å². The monoisotopic (exact) mass is 390 g/mol. The summed E-state index contributed by atoms with van der Waals surface area (Å²) in [7, 11) is 0. The van der Waals surface area contributed by atoms with E-state index in [1.807, 2.05) is 6.07 Å². The van der Waals surface area contributed by atoms with Crippen molar-refractivity contribution in [2.24, 2.45) is 11.3 Å². The third kappa shape index (κ3) is 3.84. The lowest BCUT2D eigenvalue weighted by molar-refractivity contribution is -0.137. The van der Waals surface area contributed by atoms with Crippen LogP contribution >= 0.6 is 11.6 Å². The Labute approximate surface area is 167 Å². The molecule has 1 amide bonds. The number of amides is 1. The Morgan fingerprint density at radius 2 is 1.96 bits per heavy atom. The normalized spacial score (nSPS) is 31.7. The summed E-state index contributed by atoms with van der Waals surface area (Å²) in [6.45, 7) is 5.56. The number of carbonyl (C=O) groups is 1. The van der Waals surface area contributed by atoms with Gasteiger partial charge in [0.25, 0.3) is 0 Å². The van der Waals surface area contributed by atoms with Gasteiger partial charge in [-0.15, -0.1) is 0 Å². The summed E-state index contributed by atoms with van der Waals surface area (Å²) in [5.41, 5.74) is 1.99. The van der Waals surface area contributed by atoms with E-state index in [-0.39, 0.29) is 11.5 Å². The van der Waals surface area contributed by atoms with Crippen LogP contribution in [0.25, 0.3) is 0 Å². The lowest BCUT2D eigenvalue weighted by atomic mass is 9.78. The largest absolute Gasteiger partial charge is 0.393 e. The average Bonchev–Trinajstić information content (AvgIpc) is 2.93. The minimum absolute atomic E-state index is 0.131.